The van der Waals surface area contributed by atoms with Gasteiger partial charge in [-0.3, -0.25) is 5.10 Å². The minimum atomic E-state index is -4.39. The number of nitriles is 1. The Morgan fingerprint density at radius 3 is 2.40 bits per heavy atom. The third kappa shape index (κ3) is 3.19. The number of rotatable bonds is 4. The fourth-order valence-corrected chi connectivity index (χ4v) is 4.79. The molecule has 0 aliphatic heterocycles. The quantitative estimate of drug-likeness (QED) is 0.683. The predicted molar refractivity (Wildman–Crippen MR) is 88.2 cm³/mol. The van der Waals surface area contributed by atoms with Crippen molar-refractivity contribution >= 4 is 30.9 Å². The molecule has 0 fully saturated rings. The predicted octanol–water partition coefficient (Wildman–Crippen LogP) is 1.61. The summed E-state index contributed by atoms with van der Waals surface area (Å²) in [6.07, 6.45) is 0.915. The lowest BCUT2D eigenvalue weighted by Crippen LogP contribution is -2.14. The van der Waals surface area contributed by atoms with Gasteiger partial charge in [-0.2, -0.15) is 18.8 Å². The number of aromatic amines is 1. The first-order valence-corrected chi connectivity index (χ1v) is 10.1. The molecular weight excluding hydrogens is 366 g/mol. The molecule has 8 nitrogen and oxygen atoms in total. The van der Waals surface area contributed by atoms with Gasteiger partial charge < -0.3 is 4.18 Å². The van der Waals surface area contributed by atoms with Gasteiger partial charge in [0, 0.05) is 11.6 Å². The van der Waals surface area contributed by atoms with E-state index in [1.54, 1.807) is 0 Å². The Labute approximate surface area is 143 Å². The highest BCUT2D eigenvalue weighted by Gasteiger charge is 2.25. The number of nitrogens with one attached hydrogen (secondary N) is 1. The number of hydrogen-bond acceptors (Lipinski definition) is 7. The molecule has 0 unspecified atom stereocenters. The average Bonchev–Trinajstić information content (AvgIpc) is 2.96. The maximum Gasteiger partial charge on any atom is 0.340 e. The van der Waals surface area contributed by atoms with Crippen LogP contribution < -0.4 is 4.18 Å². The highest BCUT2D eigenvalue weighted by atomic mass is 32.2. The Hall–Kier alpha value is -2.90. The highest BCUT2D eigenvalue weighted by Crippen LogP contribution is 2.27. The smallest absolute Gasteiger partial charge is 0.340 e. The molecule has 0 saturated carbocycles. The fourth-order valence-electron chi connectivity index (χ4n) is 2.26. The molecule has 10 heteroatoms. The topological polar surface area (TPSA) is 130 Å². The van der Waals surface area contributed by atoms with E-state index in [1.807, 2.05) is 6.07 Å². The van der Waals surface area contributed by atoms with Crippen molar-refractivity contribution in [3.8, 4) is 11.8 Å². The Bertz CT molecular complexity index is 1220. The van der Waals surface area contributed by atoms with Gasteiger partial charge in [-0.15, -0.1) is 0 Å². The van der Waals surface area contributed by atoms with E-state index in [2.05, 4.69) is 10.2 Å². The zero-order valence-corrected chi connectivity index (χ0v) is 14.4. The SMILES string of the molecule is CS(=O)(=O)c1ccccc1S(=O)(=O)Oc1ccc2[nH]nc(C#N)c2c1. The minimum Gasteiger partial charge on any atom is -0.379 e. The second kappa shape index (κ2) is 5.87. The van der Waals surface area contributed by atoms with Gasteiger partial charge in [-0.05, 0) is 30.3 Å². The molecule has 1 N–H and O–H groups in total. The standard InChI is InChI=1S/C15H11N3O5S2/c1-24(19,20)14-4-2-3-5-15(14)25(21,22)23-10-6-7-12-11(8-10)13(9-16)18-17-12/h2-8H,1H3,(H,17,18). The molecule has 3 rings (SSSR count). The van der Waals surface area contributed by atoms with E-state index in [-0.39, 0.29) is 16.3 Å². The fraction of sp³-hybridized carbons (Fsp3) is 0.0667. The number of sulfone groups is 1. The number of benzene rings is 2. The molecule has 0 saturated heterocycles. The van der Waals surface area contributed by atoms with Crippen molar-refractivity contribution in [3.63, 3.8) is 0 Å². The van der Waals surface area contributed by atoms with Crippen molar-refractivity contribution in [2.45, 2.75) is 9.79 Å². The lowest BCUT2D eigenvalue weighted by Gasteiger charge is -2.10. The zero-order valence-electron chi connectivity index (χ0n) is 12.8. The maximum absolute atomic E-state index is 12.5. The molecule has 2 aromatic carbocycles. The average molecular weight is 377 g/mol. The van der Waals surface area contributed by atoms with Gasteiger partial charge >= 0.3 is 10.1 Å². The van der Waals surface area contributed by atoms with Gasteiger partial charge in [0.05, 0.1) is 10.4 Å². The summed E-state index contributed by atoms with van der Waals surface area (Å²) in [7, 11) is -8.15. The molecule has 0 atom stereocenters. The van der Waals surface area contributed by atoms with Crippen LogP contribution in [0, 0.1) is 11.3 Å². The highest BCUT2D eigenvalue weighted by molar-refractivity contribution is 7.92. The van der Waals surface area contributed by atoms with Crippen molar-refractivity contribution in [1.82, 2.24) is 10.2 Å². The summed E-state index contributed by atoms with van der Waals surface area (Å²) in [5, 5.41) is 15.8. The third-order valence-electron chi connectivity index (χ3n) is 3.36. The van der Waals surface area contributed by atoms with Gasteiger partial charge in [0.15, 0.2) is 15.5 Å². The Morgan fingerprint density at radius 2 is 1.76 bits per heavy atom. The third-order valence-corrected chi connectivity index (χ3v) is 5.95. The number of fused-ring (bicyclic) bond motifs is 1. The van der Waals surface area contributed by atoms with Crippen molar-refractivity contribution in [1.29, 1.82) is 5.26 Å². The van der Waals surface area contributed by atoms with Gasteiger partial charge in [-0.25, -0.2) is 8.42 Å². The second-order valence-electron chi connectivity index (χ2n) is 5.15. The van der Waals surface area contributed by atoms with Gasteiger partial charge in [0.2, 0.25) is 0 Å². The van der Waals surface area contributed by atoms with Crippen LogP contribution >= 0.6 is 0 Å². The lowest BCUT2D eigenvalue weighted by atomic mass is 10.2. The first kappa shape index (κ1) is 16.9. The van der Waals surface area contributed by atoms with Gasteiger partial charge in [-0.1, -0.05) is 12.1 Å². The van der Waals surface area contributed by atoms with E-state index >= 15 is 0 Å². The molecule has 0 aliphatic rings. The van der Waals surface area contributed by atoms with Crippen LogP contribution in [0.3, 0.4) is 0 Å². The van der Waals surface area contributed by atoms with E-state index in [4.69, 9.17) is 9.44 Å². The van der Waals surface area contributed by atoms with Crippen molar-refractivity contribution in [2.75, 3.05) is 6.26 Å². The Kier molecular flexibility index (Phi) is 3.98. The van der Waals surface area contributed by atoms with Crippen LogP contribution in [-0.2, 0) is 20.0 Å². The summed E-state index contributed by atoms with van der Waals surface area (Å²) in [4.78, 5) is -0.803. The number of nitrogens with zero attached hydrogens (tertiary/aromatic N) is 2. The van der Waals surface area contributed by atoms with Crippen LogP contribution in [0.1, 0.15) is 5.69 Å². The minimum absolute atomic E-state index is 0.0614. The number of H-pyrrole nitrogens is 1. The summed E-state index contributed by atoms with van der Waals surface area (Å²) in [6, 6.07) is 11.3. The van der Waals surface area contributed by atoms with Crippen molar-refractivity contribution in [3.05, 3.63) is 48.2 Å². The largest absolute Gasteiger partial charge is 0.379 e. The van der Waals surface area contributed by atoms with Crippen molar-refractivity contribution < 1.29 is 21.0 Å². The lowest BCUT2D eigenvalue weighted by molar-refractivity contribution is 0.483. The summed E-state index contributed by atoms with van der Waals surface area (Å²) in [6.45, 7) is 0. The van der Waals surface area contributed by atoms with E-state index < -0.39 is 24.9 Å². The van der Waals surface area contributed by atoms with Crippen LogP contribution in [0.5, 0.6) is 5.75 Å². The molecule has 0 bridgehead atoms. The first-order valence-electron chi connectivity index (χ1n) is 6.84. The van der Waals surface area contributed by atoms with E-state index in [0.29, 0.717) is 10.9 Å². The Morgan fingerprint density at radius 1 is 1.08 bits per heavy atom. The molecule has 3 aromatic rings. The normalized spacial score (nSPS) is 12.0. The first-order chi connectivity index (χ1) is 11.7. The van der Waals surface area contributed by atoms with Crippen LogP contribution in [0.25, 0.3) is 10.9 Å². The Balaban J connectivity index is 2.08. The summed E-state index contributed by atoms with van der Waals surface area (Å²) >= 11 is 0. The summed E-state index contributed by atoms with van der Waals surface area (Å²) in [5.74, 6) is -0.0614. The molecule has 25 heavy (non-hydrogen) atoms. The molecular formula is C15H11N3O5S2. The van der Waals surface area contributed by atoms with Crippen LogP contribution in [0.4, 0.5) is 0 Å². The summed E-state index contributed by atoms with van der Waals surface area (Å²) in [5.41, 5.74) is 0.632. The molecule has 0 amide bonds. The van der Waals surface area contributed by atoms with E-state index in [9.17, 15) is 16.8 Å². The van der Waals surface area contributed by atoms with Gasteiger partial charge in [0.1, 0.15) is 16.7 Å². The molecule has 0 aliphatic carbocycles. The van der Waals surface area contributed by atoms with Gasteiger partial charge in [0.25, 0.3) is 0 Å². The zero-order chi connectivity index (χ0) is 18.2. The van der Waals surface area contributed by atoms with E-state index in [1.165, 1.54) is 36.4 Å². The maximum atomic E-state index is 12.5. The van der Waals surface area contributed by atoms with Crippen LogP contribution in [-0.4, -0.2) is 33.3 Å². The molecule has 1 heterocycles. The molecule has 128 valence electrons. The van der Waals surface area contributed by atoms with E-state index in [0.717, 1.165) is 12.3 Å². The molecule has 0 spiro atoms. The number of hydrogen-bond donors (Lipinski definition) is 1. The summed E-state index contributed by atoms with van der Waals surface area (Å²) < 4.78 is 53.7. The number of aromatic nitrogens is 2. The van der Waals surface area contributed by atoms with Crippen molar-refractivity contribution in [2.24, 2.45) is 0 Å². The molecule has 1 aromatic heterocycles. The monoisotopic (exact) mass is 377 g/mol. The van der Waals surface area contributed by atoms with Crippen LogP contribution in [0.2, 0.25) is 0 Å². The van der Waals surface area contributed by atoms with Crippen LogP contribution in [0.15, 0.2) is 52.3 Å². The molecule has 0 radical (unpaired) electrons. The second-order valence-corrected chi connectivity index (χ2v) is 8.65.